The topological polar surface area (TPSA) is 65.5 Å². The van der Waals surface area contributed by atoms with Crippen LogP contribution in [0.3, 0.4) is 0 Å². The number of benzene rings is 1. The molecule has 5 nitrogen and oxygen atoms in total. The quantitative estimate of drug-likeness (QED) is 0.902. The van der Waals surface area contributed by atoms with Gasteiger partial charge in [-0.25, -0.2) is 14.2 Å². The molecule has 1 saturated heterocycles. The SMILES string of the molecule is O=C(O)NCC1CCN(c2ncccc2-c2ccc(F)cc2)CC1. The molecule has 0 unspecified atom stereocenters. The van der Waals surface area contributed by atoms with Crippen LogP contribution in [0.1, 0.15) is 12.8 Å². The molecule has 1 aliphatic heterocycles. The minimum Gasteiger partial charge on any atom is -0.465 e. The lowest BCUT2D eigenvalue weighted by Gasteiger charge is -2.33. The van der Waals surface area contributed by atoms with Crippen LogP contribution in [-0.4, -0.2) is 35.8 Å². The molecule has 2 heterocycles. The van der Waals surface area contributed by atoms with Crippen molar-refractivity contribution in [3.8, 4) is 11.1 Å². The first-order valence-electron chi connectivity index (χ1n) is 8.06. The van der Waals surface area contributed by atoms with E-state index in [2.05, 4.69) is 15.2 Å². The first-order valence-corrected chi connectivity index (χ1v) is 8.06. The Morgan fingerprint density at radius 2 is 1.96 bits per heavy atom. The highest BCUT2D eigenvalue weighted by Crippen LogP contribution is 2.31. The molecule has 6 heteroatoms. The van der Waals surface area contributed by atoms with Crippen LogP contribution in [0.4, 0.5) is 15.0 Å². The summed E-state index contributed by atoms with van der Waals surface area (Å²) < 4.78 is 13.2. The van der Waals surface area contributed by atoms with Crippen LogP contribution in [0.5, 0.6) is 0 Å². The zero-order chi connectivity index (χ0) is 16.9. The molecule has 0 radical (unpaired) electrons. The van der Waals surface area contributed by atoms with Gasteiger partial charge in [-0.2, -0.15) is 0 Å². The Morgan fingerprint density at radius 1 is 1.25 bits per heavy atom. The normalized spacial score (nSPS) is 15.3. The maximum Gasteiger partial charge on any atom is 0.404 e. The fraction of sp³-hybridized carbons (Fsp3) is 0.333. The van der Waals surface area contributed by atoms with Crippen molar-refractivity contribution < 1.29 is 14.3 Å². The molecule has 1 aliphatic rings. The van der Waals surface area contributed by atoms with Gasteiger partial charge in [0.1, 0.15) is 11.6 Å². The number of nitrogens with one attached hydrogen (secondary N) is 1. The molecular formula is C18H20FN3O2. The van der Waals surface area contributed by atoms with Gasteiger partial charge in [0, 0.05) is 31.4 Å². The molecule has 1 aromatic carbocycles. The molecule has 0 atom stereocenters. The van der Waals surface area contributed by atoms with Crippen LogP contribution in [0.2, 0.25) is 0 Å². The third kappa shape index (κ3) is 3.82. The van der Waals surface area contributed by atoms with E-state index in [4.69, 9.17) is 5.11 Å². The zero-order valence-electron chi connectivity index (χ0n) is 13.3. The number of aromatic nitrogens is 1. The smallest absolute Gasteiger partial charge is 0.404 e. The van der Waals surface area contributed by atoms with Gasteiger partial charge in [-0.05, 0) is 48.6 Å². The first-order chi connectivity index (χ1) is 11.6. The maximum absolute atomic E-state index is 13.2. The number of carboxylic acid groups (broad SMARTS) is 1. The summed E-state index contributed by atoms with van der Waals surface area (Å²) in [5.74, 6) is 1.00. The number of piperidine rings is 1. The van der Waals surface area contributed by atoms with E-state index in [0.29, 0.717) is 12.5 Å². The minimum atomic E-state index is -0.972. The number of amides is 1. The molecule has 1 amide bonds. The third-order valence-electron chi connectivity index (χ3n) is 4.40. The van der Waals surface area contributed by atoms with Gasteiger partial charge in [0.25, 0.3) is 0 Å². The van der Waals surface area contributed by atoms with E-state index in [-0.39, 0.29) is 5.82 Å². The van der Waals surface area contributed by atoms with Crippen molar-refractivity contribution in [1.82, 2.24) is 10.3 Å². The molecule has 126 valence electrons. The molecule has 0 bridgehead atoms. The third-order valence-corrected chi connectivity index (χ3v) is 4.40. The molecule has 1 fully saturated rings. The summed E-state index contributed by atoms with van der Waals surface area (Å²) in [6.45, 7) is 2.16. The lowest BCUT2D eigenvalue weighted by atomic mass is 9.96. The Kier molecular flexibility index (Phi) is 4.93. The summed E-state index contributed by atoms with van der Waals surface area (Å²) in [5, 5.41) is 11.2. The summed E-state index contributed by atoms with van der Waals surface area (Å²) in [5.41, 5.74) is 1.92. The molecule has 24 heavy (non-hydrogen) atoms. The van der Waals surface area contributed by atoms with Crippen molar-refractivity contribution in [3.05, 3.63) is 48.4 Å². The van der Waals surface area contributed by atoms with Crippen LogP contribution < -0.4 is 10.2 Å². The van der Waals surface area contributed by atoms with Crippen LogP contribution in [0.15, 0.2) is 42.6 Å². The average Bonchev–Trinajstić information content (AvgIpc) is 2.61. The van der Waals surface area contributed by atoms with Gasteiger partial charge in [-0.1, -0.05) is 12.1 Å². The number of hydrogen-bond donors (Lipinski definition) is 2. The highest BCUT2D eigenvalue weighted by atomic mass is 19.1. The van der Waals surface area contributed by atoms with Crippen molar-refractivity contribution in [2.45, 2.75) is 12.8 Å². The summed E-state index contributed by atoms with van der Waals surface area (Å²) in [6.07, 6.45) is 2.63. The van der Waals surface area contributed by atoms with Gasteiger partial charge < -0.3 is 15.3 Å². The molecule has 0 aliphatic carbocycles. The predicted octanol–water partition coefficient (Wildman–Crippen LogP) is 3.37. The summed E-state index contributed by atoms with van der Waals surface area (Å²) >= 11 is 0. The summed E-state index contributed by atoms with van der Waals surface area (Å²) in [4.78, 5) is 17.3. The molecule has 1 aromatic heterocycles. The van der Waals surface area contributed by atoms with Gasteiger partial charge in [-0.3, -0.25) is 0 Å². The van der Waals surface area contributed by atoms with E-state index < -0.39 is 6.09 Å². The minimum absolute atomic E-state index is 0.254. The Bertz CT molecular complexity index is 698. The van der Waals surface area contributed by atoms with E-state index in [1.54, 1.807) is 18.3 Å². The lowest BCUT2D eigenvalue weighted by Crippen LogP contribution is -2.38. The number of anilines is 1. The Balaban J connectivity index is 1.72. The predicted molar refractivity (Wildman–Crippen MR) is 90.6 cm³/mol. The van der Waals surface area contributed by atoms with Gasteiger partial charge in [0.15, 0.2) is 0 Å². The summed E-state index contributed by atoms with van der Waals surface area (Å²) in [7, 11) is 0. The average molecular weight is 329 g/mol. The fourth-order valence-electron chi connectivity index (χ4n) is 3.08. The van der Waals surface area contributed by atoms with E-state index in [1.807, 2.05) is 12.1 Å². The van der Waals surface area contributed by atoms with Crippen LogP contribution in [-0.2, 0) is 0 Å². The number of rotatable bonds is 4. The molecular weight excluding hydrogens is 309 g/mol. The van der Waals surface area contributed by atoms with Crippen molar-refractivity contribution in [1.29, 1.82) is 0 Å². The van der Waals surface area contributed by atoms with E-state index in [9.17, 15) is 9.18 Å². The van der Waals surface area contributed by atoms with E-state index >= 15 is 0 Å². The highest BCUT2D eigenvalue weighted by Gasteiger charge is 2.22. The van der Waals surface area contributed by atoms with Crippen molar-refractivity contribution in [2.75, 3.05) is 24.5 Å². The second kappa shape index (κ2) is 7.29. The Labute approximate surface area is 140 Å². The fourth-order valence-corrected chi connectivity index (χ4v) is 3.08. The number of nitrogens with zero attached hydrogens (tertiary/aromatic N) is 2. The van der Waals surface area contributed by atoms with Crippen LogP contribution >= 0.6 is 0 Å². The maximum atomic E-state index is 13.2. The van der Waals surface area contributed by atoms with Crippen molar-refractivity contribution in [3.63, 3.8) is 0 Å². The second-order valence-corrected chi connectivity index (χ2v) is 6.00. The standard InChI is InChI=1S/C18H20FN3O2/c19-15-5-3-14(4-6-15)16-2-1-9-20-17(16)22-10-7-13(8-11-22)12-21-18(23)24/h1-6,9,13,21H,7-8,10-12H2,(H,23,24). The van der Waals surface area contributed by atoms with Gasteiger partial charge in [-0.15, -0.1) is 0 Å². The number of carbonyl (C=O) groups is 1. The van der Waals surface area contributed by atoms with E-state index in [1.165, 1.54) is 12.1 Å². The Morgan fingerprint density at radius 3 is 2.62 bits per heavy atom. The second-order valence-electron chi connectivity index (χ2n) is 6.00. The zero-order valence-corrected chi connectivity index (χ0v) is 13.3. The Hall–Kier alpha value is -2.63. The van der Waals surface area contributed by atoms with Gasteiger partial charge in [0.05, 0.1) is 0 Å². The monoisotopic (exact) mass is 329 g/mol. The molecule has 0 spiro atoms. The van der Waals surface area contributed by atoms with Crippen LogP contribution in [0.25, 0.3) is 11.1 Å². The number of pyridine rings is 1. The first kappa shape index (κ1) is 16.2. The van der Waals surface area contributed by atoms with Crippen molar-refractivity contribution in [2.24, 2.45) is 5.92 Å². The summed E-state index contributed by atoms with van der Waals surface area (Å²) in [6, 6.07) is 10.3. The number of hydrogen-bond acceptors (Lipinski definition) is 3. The van der Waals surface area contributed by atoms with Crippen LogP contribution in [0, 0.1) is 11.7 Å². The van der Waals surface area contributed by atoms with Gasteiger partial charge >= 0.3 is 6.09 Å². The molecule has 2 aromatic rings. The van der Waals surface area contributed by atoms with Crippen molar-refractivity contribution >= 4 is 11.9 Å². The highest BCUT2D eigenvalue weighted by molar-refractivity contribution is 5.75. The molecule has 3 rings (SSSR count). The van der Waals surface area contributed by atoms with Gasteiger partial charge in [0.2, 0.25) is 0 Å². The molecule has 2 N–H and O–H groups in total. The lowest BCUT2D eigenvalue weighted by molar-refractivity contribution is 0.191. The largest absolute Gasteiger partial charge is 0.465 e. The molecule has 0 saturated carbocycles. The number of halogens is 1. The van der Waals surface area contributed by atoms with E-state index in [0.717, 1.165) is 42.9 Å².